The van der Waals surface area contributed by atoms with Crippen LogP contribution in [0.3, 0.4) is 0 Å². The highest BCUT2D eigenvalue weighted by Crippen LogP contribution is 2.15. The molecule has 5 heteroatoms. The molecule has 0 fully saturated rings. The van der Waals surface area contributed by atoms with Crippen molar-refractivity contribution in [1.82, 2.24) is 0 Å². The summed E-state index contributed by atoms with van der Waals surface area (Å²) in [5.74, 6) is -0.111. The number of allylic oxidation sites excluding steroid dienone is 1. The Morgan fingerprint density at radius 2 is 1.66 bits per heavy atom. The van der Waals surface area contributed by atoms with Crippen molar-refractivity contribution in [3.8, 4) is 0 Å². The zero-order valence-electron chi connectivity index (χ0n) is 19.6. The van der Waals surface area contributed by atoms with Gasteiger partial charge in [-0.3, -0.25) is 9.59 Å². The maximum absolute atomic E-state index is 12.5. The first kappa shape index (κ1) is 25.8. The van der Waals surface area contributed by atoms with Crippen LogP contribution in [0.15, 0.2) is 54.6 Å². The number of nitrogens with zero attached hydrogens (tertiary/aromatic N) is 1. The third-order valence-corrected chi connectivity index (χ3v) is 5.65. The molecule has 172 valence electrons. The van der Waals surface area contributed by atoms with E-state index < -0.39 is 0 Å². The molecule has 0 radical (unpaired) electrons. The zero-order chi connectivity index (χ0) is 23.4. The minimum absolute atomic E-state index is 0.0130. The van der Waals surface area contributed by atoms with Crippen molar-refractivity contribution >= 4 is 35.1 Å². The fourth-order valence-corrected chi connectivity index (χ4v) is 3.78. The molecule has 0 atom stereocenters. The van der Waals surface area contributed by atoms with Gasteiger partial charge in [-0.05, 0) is 60.9 Å². The summed E-state index contributed by atoms with van der Waals surface area (Å²) in [5, 5.41) is 3.58. The van der Waals surface area contributed by atoms with E-state index in [1.807, 2.05) is 12.1 Å². The van der Waals surface area contributed by atoms with Gasteiger partial charge in [-0.25, -0.2) is 0 Å². The van der Waals surface area contributed by atoms with Crippen LogP contribution in [0, 0.1) is 0 Å². The summed E-state index contributed by atoms with van der Waals surface area (Å²) in [5.41, 5.74) is 2.14. The van der Waals surface area contributed by atoms with E-state index in [1.165, 1.54) is 38.2 Å². The van der Waals surface area contributed by atoms with Crippen molar-refractivity contribution in [2.24, 2.45) is 0 Å². The van der Waals surface area contributed by atoms with E-state index in [2.05, 4.69) is 26.3 Å². The minimum Gasteiger partial charge on any atom is -0.321 e. The lowest BCUT2D eigenvalue weighted by atomic mass is 10.1. The highest BCUT2D eigenvalue weighted by Gasteiger charge is 2.19. The molecule has 32 heavy (non-hydrogen) atoms. The molecule has 0 heterocycles. The summed E-state index contributed by atoms with van der Waals surface area (Å²) >= 11 is 5.97. The fourth-order valence-electron chi connectivity index (χ4n) is 3.58. The second kappa shape index (κ2) is 13.2. The Labute approximate surface area is 197 Å². The van der Waals surface area contributed by atoms with E-state index in [4.69, 9.17) is 11.6 Å². The lowest BCUT2D eigenvalue weighted by Gasteiger charge is -2.29. The number of unbranched alkanes of at least 4 members (excludes halogenated alkanes) is 5. The molecule has 0 aliphatic carbocycles. The second-order valence-electron chi connectivity index (χ2n) is 8.96. The van der Waals surface area contributed by atoms with Gasteiger partial charge in [0, 0.05) is 16.3 Å². The number of rotatable bonds is 13. The molecule has 0 aliphatic rings. The Kier molecular flexibility index (Phi) is 10.6. The number of carbonyl (C=O) groups excluding carboxylic acids is 2. The number of amides is 1. The van der Waals surface area contributed by atoms with Gasteiger partial charge in [0.05, 0.1) is 20.6 Å². The molecule has 0 aromatic heterocycles. The Morgan fingerprint density at radius 1 is 0.969 bits per heavy atom. The van der Waals surface area contributed by atoms with Crippen LogP contribution in [-0.2, 0) is 4.79 Å². The number of hydrogen-bond donors (Lipinski definition) is 1. The van der Waals surface area contributed by atoms with Gasteiger partial charge in [0.15, 0.2) is 12.3 Å². The Balaban J connectivity index is 1.80. The third-order valence-electron chi connectivity index (χ3n) is 5.42. The van der Waals surface area contributed by atoms with Gasteiger partial charge in [0.1, 0.15) is 0 Å². The van der Waals surface area contributed by atoms with Crippen LogP contribution in [0.4, 0.5) is 5.69 Å². The Hall–Kier alpha value is -2.43. The molecular formula is C27H36ClN2O2+. The second-order valence-corrected chi connectivity index (χ2v) is 9.40. The molecule has 4 nitrogen and oxygen atoms in total. The topological polar surface area (TPSA) is 46.2 Å². The van der Waals surface area contributed by atoms with Crippen LogP contribution in [0.1, 0.15) is 61.4 Å². The SMILES string of the molecule is CCCCCCCC[N+](C)(C)CC(=O)Nc1ccc(C(=O)/C=C/c2cccc(Cl)c2)cc1. The van der Waals surface area contributed by atoms with Crippen LogP contribution >= 0.6 is 11.6 Å². The number of likely N-dealkylation sites (N-methyl/N-ethyl adjacent to an activating group) is 1. The Morgan fingerprint density at radius 3 is 2.34 bits per heavy atom. The van der Waals surface area contributed by atoms with Crippen LogP contribution in [-0.4, -0.2) is 43.4 Å². The average Bonchev–Trinajstić information content (AvgIpc) is 2.74. The molecule has 0 saturated carbocycles. The number of anilines is 1. The first-order valence-corrected chi connectivity index (χ1v) is 11.9. The third kappa shape index (κ3) is 9.80. The van der Waals surface area contributed by atoms with Crippen molar-refractivity contribution in [2.45, 2.75) is 45.4 Å². The molecule has 0 spiro atoms. The van der Waals surface area contributed by atoms with Crippen molar-refractivity contribution in [3.63, 3.8) is 0 Å². The molecular weight excluding hydrogens is 420 g/mol. The first-order chi connectivity index (χ1) is 15.3. The molecule has 2 aromatic rings. The summed E-state index contributed by atoms with van der Waals surface area (Å²) in [4.78, 5) is 24.9. The minimum atomic E-state index is -0.0976. The molecule has 0 aliphatic heterocycles. The van der Waals surface area contributed by atoms with E-state index in [0.29, 0.717) is 27.3 Å². The molecule has 0 saturated heterocycles. The molecule has 0 bridgehead atoms. The van der Waals surface area contributed by atoms with Crippen LogP contribution in [0.5, 0.6) is 0 Å². The van der Waals surface area contributed by atoms with Gasteiger partial charge >= 0.3 is 0 Å². The number of carbonyl (C=O) groups is 2. The van der Waals surface area contributed by atoms with Gasteiger partial charge in [-0.1, -0.05) is 62.4 Å². The molecule has 1 amide bonds. The first-order valence-electron chi connectivity index (χ1n) is 11.5. The number of ketones is 1. The number of quaternary nitrogens is 1. The molecule has 2 aromatic carbocycles. The summed E-state index contributed by atoms with van der Waals surface area (Å²) in [6.07, 6.45) is 10.8. The predicted octanol–water partition coefficient (Wildman–Crippen LogP) is 6.61. The van der Waals surface area contributed by atoms with Crippen LogP contribution < -0.4 is 5.32 Å². The van der Waals surface area contributed by atoms with Crippen molar-refractivity contribution < 1.29 is 14.1 Å². The van der Waals surface area contributed by atoms with Crippen LogP contribution in [0.25, 0.3) is 6.08 Å². The van der Waals surface area contributed by atoms with E-state index in [-0.39, 0.29) is 11.7 Å². The van der Waals surface area contributed by atoms with Gasteiger partial charge < -0.3 is 9.80 Å². The quantitative estimate of drug-likeness (QED) is 0.160. The predicted molar refractivity (Wildman–Crippen MR) is 135 cm³/mol. The highest BCUT2D eigenvalue weighted by atomic mass is 35.5. The average molecular weight is 456 g/mol. The van der Waals surface area contributed by atoms with Crippen molar-refractivity contribution in [2.75, 3.05) is 32.5 Å². The summed E-state index contributed by atoms with van der Waals surface area (Å²) < 4.78 is 0.671. The smallest absolute Gasteiger partial charge is 0.279 e. The summed E-state index contributed by atoms with van der Waals surface area (Å²) in [7, 11) is 4.19. The normalized spacial score (nSPS) is 11.6. The number of benzene rings is 2. The maximum atomic E-state index is 12.5. The highest BCUT2D eigenvalue weighted by molar-refractivity contribution is 6.30. The zero-order valence-corrected chi connectivity index (χ0v) is 20.3. The van der Waals surface area contributed by atoms with E-state index in [1.54, 1.807) is 42.5 Å². The van der Waals surface area contributed by atoms with Gasteiger partial charge in [0.2, 0.25) is 0 Å². The van der Waals surface area contributed by atoms with E-state index in [0.717, 1.165) is 18.5 Å². The lowest BCUT2D eigenvalue weighted by Crippen LogP contribution is -2.46. The van der Waals surface area contributed by atoms with Crippen LogP contribution in [0.2, 0.25) is 5.02 Å². The van der Waals surface area contributed by atoms with E-state index >= 15 is 0 Å². The van der Waals surface area contributed by atoms with E-state index in [9.17, 15) is 9.59 Å². The van der Waals surface area contributed by atoms with Gasteiger partial charge in [-0.15, -0.1) is 0 Å². The van der Waals surface area contributed by atoms with Crippen molar-refractivity contribution in [1.29, 1.82) is 0 Å². The largest absolute Gasteiger partial charge is 0.321 e. The lowest BCUT2D eigenvalue weighted by molar-refractivity contribution is -0.882. The molecule has 2 rings (SSSR count). The Bertz CT molecular complexity index is 904. The summed E-state index contributed by atoms with van der Waals surface area (Å²) in [6.45, 7) is 3.65. The molecule has 1 N–H and O–H groups in total. The molecule has 0 unspecified atom stereocenters. The maximum Gasteiger partial charge on any atom is 0.279 e. The summed E-state index contributed by atoms with van der Waals surface area (Å²) in [6, 6.07) is 14.3. The number of hydrogen-bond acceptors (Lipinski definition) is 2. The van der Waals surface area contributed by atoms with Gasteiger partial charge in [-0.2, -0.15) is 0 Å². The van der Waals surface area contributed by atoms with Gasteiger partial charge in [0.25, 0.3) is 5.91 Å². The number of halogens is 1. The fraction of sp³-hybridized carbons (Fsp3) is 0.407. The number of nitrogens with one attached hydrogen (secondary N) is 1. The standard InChI is InChI=1S/C27H35ClN2O2/c1-4-5-6-7-8-9-19-30(2,3)21-27(32)29-25-16-14-23(15-17-25)26(31)18-13-22-11-10-12-24(28)20-22/h10-18,20H,4-9,19,21H2,1-3H3/p+1/b18-13+. The van der Waals surface area contributed by atoms with Crippen molar-refractivity contribution in [3.05, 3.63) is 70.8 Å². The monoisotopic (exact) mass is 455 g/mol.